The van der Waals surface area contributed by atoms with Crippen molar-refractivity contribution < 1.29 is 14.3 Å². The lowest BCUT2D eigenvalue weighted by molar-refractivity contribution is 0.102. The lowest BCUT2D eigenvalue weighted by Crippen LogP contribution is -2.26. The average Bonchev–Trinajstić information content (AvgIpc) is 2.84. The molecule has 3 aromatic carbocycles. The number of anilines is 1. The van der Waals surface area contributed by atoms with Gasteiger partial charge >= 0.3 is 0 Å². The number of carbonyl (C=O) groups is 1. The minimum atomic E-state index is -0.582. The molecule has 0 unspecified atom stereocenters. The normalized spacial score (nSPS) is 10.4. The highest BCUT2D eigenvalue weighted by atomic mass is 16.5. The van der Waals surface area contributed by atoms with Gasteiger partial charge in [0.25, 0.3) is 11.5 Å². The first-order chi connectivity index (χ1) is 15.6. The quantitative estimate of drug-likeness (QED) is 0.477. The summed E-state index contributed by atoms with van der Waals surface area (Å²) in [5.74, 6) is 0.433. The van der Waals surface area contributed by atoms with Crippen molar-refractivity contribution in [3.05, 3.63) is 94.8 Å². The van der Waals surface area contributed by atoms with Crippen molar-refractivity contribution in [1.82, 2.24) is 10.2 Å². The van der Waals surface area contributed by atoms with Crippen LogP contribution < -0.4 is 20.3 Å². The second-order valence-electron chi connectivity index (χ2n) is 6.91. The van der Waals surface area contributed by atoms with Gasteiger partial charge in [0, 0.05) is 22.9 Å². The Balaban J connectivity index is 1.85. The van der Waals surface area contributed by atoms with Gasteiger partial charge in [-0.1, -0.05) is 60.7 Å². The Morgan fingerprint density at radius 3 is 2.09 bits per heavy atom. The monoisotopic (exact) mass is 427 g/mol. The van der Waals surface area contributed by atoms with Gasteiger partial charge < -0.3 is 14.8 Å². The number of carbonyl (C=O) groups excluding carboxylic acids is 1. The molecule has 2 N–H and O–H groups in total. The predicted molar refractivity (Wildman–Crippen MR) is 123 cm³/mol. The number of hydrogen-bond donors (Lipinski definition) is 2. The fraction of sp³-hybridized carbons (Fsp3) is 0.0800. The Bertz CT molecular complexity index is 1300. The molecule has 0 aliphatic rings. The van der Waals surface area contributed by atoms with E-state index in [-0.39, 0.29) is 5.56 Å². The second kappa shape index (κ2) is 9.18. The molecule has 0 radical (unpaired) electrons. The molecule has 7 heteroatoms. The molecule has 0 aliphatic carbocycles. The first-order valence-electron chi connectivity index (χ1n) is 9.89. The van der Waals surface area contributed by atoms with Crippen molar-refractivity contribution in [2.45, 2.75) is 0 Å². The summed E-state index contributed by atoms with van der Waals surface area (Å²) in [6, 6.07) is 23.6. The van der Waals surface area contributed by atoms with Crippen molar-refractivity contribution in [3.8, 4) is 33.9 Å². The molecule has 160 valence electrons. The van der Waals surface area contributed by atoms with E-state index in [1.165, 1.54) is 14.2 Å². The number of amides is 1. The molecule has 0 saturated carbocycles. The van der Waals surface area contributed by atoms with Gasteiger partial charge in [-0.15, -0.1) is 0 Å². The third-order valence-electron chi connectivity index (χ3n) is 4.96. The van der Waals surface area contributed by atoms with Crippen LogP contribution in [0.1, 0.15) is 10.4 Å². The van der Waals surface area contributed by atoms with E-state index in [1.54, 1.807) is 18.2 Å². The van der Waals surface area contributed by atoms with Gasteiger partial charge in [-0.2, -0.15) is 5.10 Å². The van der Waals surface area contributed by atoms with E-state index >= 15 is 0 Å². The molecule has 4 aromatic rings. The summed E-state index contributed by atoms with van der Waals surface area (Å²) < 4.78 is 10.5. The first-order valence-corrected chi connectivity index (χ1v) is 9.89. The Kier molecular flexibility index (Phi) is 5.98. The summed E-state index contributed by atoms with van der Waals surface area (Å²) in [4.78, 5) is 26.2. The molecule has 7 nitrogen and oxygen atoms in total. The van der Waals surface area contributed by atoms with Gasteiger partial charge in [-0.05, 0) is 17.7 Å². The van der Waals surface area contributed by atoms with Gasteiger partial charge in [-0.3, -0.25) is 9.59 Å². The second-order valence-corrected chi connectivity index (χ2v) is 6.91. The van der Waals surface area contributed by atoms with E-state index < -0.39 is 11.5 Å². The van der Waals surface area contributed by atoms with Gasteiger partial charge in [0.1, 0.15) is 5.56 Å². The number of benzene rings is 3. The molecular weight excluding hydrogens is 406 g/mol. The lowest BCUT2D eigenvalue weighted by Gasteiger charge is -2.14. The zero-order valence-electron chi connectivity index (χ0n) is 17.6. The summed E-state index contributed by atoms with van der Waals surface area (Å²) in [5.41, 5.74) is 2.31. The van der Waals surface area contributed by atoms with Crippen molar-refractivity contribution in [3.63, 3.8) is 0 Å². The van der Waals surface area contributed by atoms with Crippen LogP contribution in [0.15, 0.2) is 83.7 Å². The minimum absolute atomic E-state index is 0.0279. The number of H-pyrrole nitrogens is 1. The standard InChI is InChI=1S/C25H21N3O4/c1-31-19-14-13-18(15-20(19)32-2)26-24(29)22-21(16-9-5-3-6-10-16)23(27-28-25(22)30)17-11-7-4-8-12-17/h3-15H,1-2H3,(H,26,29)(H,28,30). The van der Waals surface area contributed by atoms with Crippen LogP contribution in [0.25, 0.3) is 22.4 Å². The van der Waals surface area contributed by atoms with E-state index in [4.69, 9.17) is 9.47 Å². The fourth-order valence-corrected chi connectivity index (χ4v) is 3.47. The largest absolute Gasteiger partial charge is 0.493 e. The molecule has 0 bridgehead atoms. The predicted octanol–water partition coefficient (Wildman–Crippen LogP) is 4.37. The lowest BCUT2D eigenvalue weighted by atomic mass is 9.95. The molecule has 0 spiro atoms. The number of nitrogens with zero attached hydrogens (tertiary/aromatic N) is 1. The van der Waals surface area contributed by atoms with Gasteiger partial charge in [-0.25, -0.2) is 5.10 Å². The number of hydrogen-bond acceptors (Lipinski definition) is 5. The Hall–Kier alpha value is -4.39. The van der Waals surface area contributed by atoms with E-state index in [2.05, 4.69) is 15.5 Å². The number of aromatic nitrogens is 2. The number of nitrogens with one attached hydrogen (secondary N) is 2. The fourth-order valence-electron chi connectivity index (χ4n) is 3.47. The zero-order chi connectivity index (χ0) is 22.5. The number of rotatable bonds is 6. The smallest absolute Gasteiger partial charge is 0.277 e. The SMILES string of the molecule is COc1ccc(NC(=O)c2c(-c3ccccc3)c(-c3ccccc3)n[nH]c2=O)cc1OC. The zero-order valence-corrected chi connectivity index (χ0v) is 17.6. The summed E-state index contributed by atoms with van der Waals surface area (Å²) in [6.45, 7) is 0. The third-order valence-corrected chi connectivity index (χ3v) is 4.96. The average molecular weight is 427 g/mol. The Morgan fingerprint density at radius 1 is 0.844 bits per heavy atom. The molecule has 0 aliphatic heterocycles. The first kappa shape index (κ1) is 20.9. The van der Waals surface area contributed by atoms with E-state index in [1.807, 2.05) is 60.7 Å². The molecule has 0 fully saturated rings. The summed E-state index contributed by atoms with van der Waals surface area (Å²) in [6.07, 6.45) is 0. The Morgan fingerprint density at radius 2 is 1.47 bits per heavy atom. The summed E-state index contributed by atoms with van der Waals surface area (Å²) in [7, 11) is 3.04. The van der Waals surface area contributed by atoms with E-state index in [9.17, 15) is 9.59 Å². The van der Waals surface area contributed by atoms with E-state index in [0.29, 0.717) is 34.0 Å². The van der Waals surface area contributed by atoms with Crippen molar-refractivity contribution >= 4 is 11.6 Å². The summed E-state index contributed by atoms with van der Waals surface area (Å²) >= 11 is 0. The topological polar surface area (TPSA) is 93.3 Å². The van der Waals surface area contributed by atoms with Crippen LogP contribution in [-0.4, -0.2) is 30.3 Å². The van der Waals surface area contributed by atoms with Crippen LogP contribution in [0.3, 0.4) is 0 Å². The number of methoxy groups -OCH3 is 2. The van der Waals surface area contributed by atoms with Crippen LogP contribution in [0.4, 0.5) is 5.69 Å². The van der Waals surface area contributed by atoms with Crippen molar-refractivity contribution in [2.24, 2.45) is 0 Å². The van der Waals surface area contributed by atoms with Crippen LogP contribution in [0, 0.1) is 0 Å². The number of aromatic amines is 1. The third kappa shape index (κ3) is 4.09. The van der Waals surface area contributed by atoms with Gasteiger partial charge in [0.05, 0.1) is 19.9 Å². The molecular formula is C25H21N3O4. The molecule has 0 atom stereocenters. The highest BCUT2D eigenvalue weighted by Crippen LogP contribution is 2.33. The van der Waals surface area contributed by atoms with Crippen LogP contribution >= 0.6 is 0 Å². The maximum absolute atomic E-state index is 13.3. The molecule has 1 heterocycles. The molecule has 1 amide bonds. The number of ether oxygens (including phenoxy) is 2. The van der Waals surface area contributed by atoms with E-state index in [0.717, 1.165) is 5.56 Å². The highest BCUT2D eigenvalue weighted by Gasteiger charge is 2.23. The maximum Gasteiger partial charge on any atom is 0.277 e. The minimum Gasteiger partial charge on any atom is -0.493 e. The van der Waals surface area contributed by atoms with Crippen LogP contribution in [0.5, 0.6) is 11.5 Å². The molecule has 32 heavy (non-hydrogen) atoms. The van der Waals surface area contributed by atoms with Crippen LogP contribution in [-0.2, 0) is 0 Å². The van der Waals surface area contributed by atoms with Gasteiger partial charge in [0.2, 0.25) is 0 Å². The van der Waals surface area contributed by atoms with Gasteiger partial charge in [0.15, 0.2) is 11.5 Å². The molecule has 4 rings (SSSR count). The summed E-state index contributed by atoms with van der Waals surface area (Å²) in [5, 5.41) is 9.54. The highest BCUT2D eigenvalue weighted by molar-refractivity contribution is 6.10. The van der Waals surface area contributed by atoms with Crippen LogP contribution in [0.2, 0.25) is 0 Å². The maximum atomic E-state index is 13.3. The molecule has 0 saturated heterocycles. The van der Waals surface area contributed by atoms with Crippen molar-refractivity contribution in [1.29, 1.82) is 0 Å². The van der Waals surface area contributed by atoms with Crippen molar-refractivity contribution in [2.75, 3.05) is 19.5 Å². The molecule has 1 aromatic heterocycles. The Labute approximate surface area is 184 Å².